The van der Waals surface area contributed by atoms with Crippen molar-refractivity contribution in [2.24, 2.45) is 5.16 Å². The Kier molecular flexibility index (Phi) is 5.46. The highest BCUT2D eigenvalue weighted by molar-refractivity contribution is 6.34. The lowest BCUT2D eigenvalue weighted by molar-refractivity contribution is 0.130. The molecule has 0 unspecified atom stereocenters. The average Bonchev–Trinajstić information content (AvgIpc) is 3.09. The van der Waals surface area contributed by atoms with Crippen molar-refractivity contribution in [1.82, 2.24) is 14.8 Å². The lowest BCUT2D eigenvalue weighted by Gasteiger charge is -2.09. The molecule has 1 aromatic heterocycles. The van der Waals surface area contributed by atoms with E-state index in [-0.39, 0.29) is 6.61 Å². The van der Waals surface area contributed by atoms with Crippen LogP contribution in [0.1, 0.15) is 11.1 Å². The second-order valence-electron chi connectivity index (χ2n) is 4.98. The molecular weight excluding hydrogens is 347 g/mol. The lowest BCUT2D eigenvalue weighted by atomic mass is 10.1. The van der Waals surface area contributed by atoms with Crippen LogP contribution in [0.5, 0.6) is 0 Å². The van der Waals surface area contributed by atoms with Crippen LogP contribution in [0.25, 0.3) is 0 Å². The highest BCUT2D eigenvalue weighted by Gasteiger charge is 2.10. The molecule has 0 saturated carbocycles. The van der Waals surface area contributed by atoms with Gasteiger partial charge in [0, 0.05) is 21.2 Å². The van der Waals surface area contributed by atoms with Gasteiger partial charge in [0.1, 0.15) is 25.0 Å². The number of hydrogen-bond donors (Lipinski definition) is 0. The van der Waals surface area contributed by atoms with E-state index < -0.39 is 0 Å². The molecule has 0 aliphatic heterocycles. The maximum atomic E-state index is 6.28. The summed E-state index contributed by atoms with van der Waals surface area (Å²) in [4.78, 5) is 9.44. The van der Waals surface area contributed by atoms with Gasteiger partial charge in [-0.3, -0.25) is 0 Å². The van der Waals surface area contributed by atoms with Gasteiger partial charge < -0.3 is 4.84 Å². The molecule has 7 heteroatoms. The van der Waals surface area contributed by atoms with Crippen LogP contribution in [0.3, 0.4) is 0 Å². The maximum Gasteiger partial charge on any atom is 0.143 e. The van der Waals surface area contributed by atoms with E-state index in [1.54, 1.807) is 11.0 Å². The quantitative estimate of drug-likeness (QED) is 0.488. The molecule has 0 spiro atoms. The zero-order valence-electron chi connectivity index (χ0n) is 12.6. The first-order valence-corrected chi connectivity index (χ1v) is 7.99. The summed E-state index contributed by atoms with van der Waals surface area (Å²) in [5.74, 6) is 0. The monoisotopic (exact) mass is 360 g/mol. The molecule has 0 atom stereocenters. The third-order valence-corrected chi connectivity index (χ3v) is 4.01. The van der Waals surface area contributed by atoms with Gasteiger partial charge in [0.15, 0.2) is 0 Å². The molecule has 0 radical (unpaired) electrons. The Labute approximate surface area is 149 Å². The minimum absolute atomic E-state index is 0.269. The Morgan fingerprint density at radius 1 is 1.04 bits per heavy atom. The van der Waals surface area contributed by atoms with Crippen molar-refractivity contribution in [1.29, 1.82) is 0 Å². The molecule has 0 amide bonds. The second kappa shape index (κ2) is 7.95. The number of oxime groups is 1. The summed E-state index contributed by atoms with van der Waals surface area (Å²) in [6.45, 7) is 0.664. The van der Waals surface area contributed by atoms with Crippen molar-refractivity contribution in [2.75, 3.05) is 0 Å². The summed E-state index contributed by atoms with van der Waals surface area (Å²) in [5, 5.41) is 9.58. The summed E-state index contributed by atoms with van der Waals surface area (Å²) in [7, 11) is 0. The number of rotatable bonds is 6. The van der Waals surface area contributed by atoms with Gasteiger partial charge in [-0.05, 0) is 12.1 Å². The van der Waals surface area contributed by atoms with Gasteiger partial charge >= 0.3 is 0 Å². The lowest BCUT2D eigenvalue weighted by Crippen LogP contribution is -2.13. The Morgan fingerprint density at radius 3 is 2.50 bits per heavy atom. The number of benzene rings is 2. The Morgan fingerprint density at radius 2 is 1.79 bits per heavy atom. The summed E-state index contributed by atoms with van der Waals surface area (Å²) in [5.41, 5.74) is 2.30. The molecular formula is C17H14Cl2N4O. The first-order chi connectivity index (χ1) is 11.7. The fraction of sp³-hybridized carbons (Fsp3) is 0.118. The van der Waals surface area contributed by atoms with Crippen LogP contribution in [0, 0.1) is 0 Å². The Bertz CT molecular complexity index is 834. The minimum atomic E-state index is 0.269. The van der Waals surface area contributed by atoms with E-state index in [0.29, 0.717) is 22.3 Å². The smallest absolute Gasteiger partial charge is 0.143 e. The van der Waals surface area contributed by atoms with E-state index in [1.807, 2.05) is 48.5 Å². The van der Waals surface area contributed by atoms with Crippen LogP contribution >= 0.6 is 23.2 Å². The molecule has 0 N–H and O–H groups in total. The van der Waals surface area contributed by atoms with Gasteiger partial charge in [0.05, 0.1) is 6.54 Å². The minimum Gasteiger partial charge on any atom is -0.391 e. The topological polar surface area (TPSA) is 52.3 Å². The molecule has 3 rings (SSSR count). The first kappa shape index (κ1) is 16.5. The highest BCUT2D eigenvalue weighted by Crippen LogP contribution is 2.19. The predicted octanol–water partition coefficient (Wildman–Crippen LogP) is 4.21. The van der Waals surface area contributed by atoms with Gasteiger partial charge in [0.2, 0.25) is 0 Å². The number of hydrogen-bond acceptors (Lipinski definition) is 4. The highest BCUT2D eigenvalue weighted by atomic mass is 35.5. The van der Waals surface area contributed by atoms with E-state index in [0.717, 1.165) is 11.1 Å². The van der Waals surface area contributed by atoms with Crippen molar-refractivity contribution < 1.29 is 4.84 Å². The van der Waals surface area contributed by atoms with Gasteiger partial charge in [0.25, 0.3) is 0 Å². The molecule has 1 heterocycles. The molecule has 0 bridgehead atoms. The van der Waals surface area contributed by atoms with E-state index in [4.69, 9.17) is 28.0 Å². The molecule has 0 fully saturated rings. The SMILES string of the molecule is Clc1ccccc1CON=C(Cn1cncn1)c1ccccc1Cl. The number of halogens is 2. The van der Waals surface area contributed by atoms with Crippen LogP contribution in [0.15, 0.2) is 66.3 Å². The summed E-state index contributed by atoms with van der Waals surface area (Å²) in [6.07, 6.45) is 3.08. The Hall–Kier alpha value is -2.37. The predicted molar refractivity (Wildman–Crippen MR) is 94.3 cm³/mol. The summed E-state index contributed by atoms with van der Waals surface area (Å²) >= 11 is 12.4. The van der Waals surface area contributed by atoms with E-state index in [9.17, 15) is 0 Å². The normalized spacial score (nSPS) is 11.5. The molecule has 122 valence electrons. The summed E-state index contributed by atoms with van der Waals surface area (Å²) in [6, 6.07) is 14.9. The number of nitrogens with zero attached hydrogens (tertiary/aromatic N) is 4. The van der Waals surface area contributed by atoms with Gasteiger partial charge in [-0.2, -0.15) is 5.10 Å². The molecule has 3 aromatic rings. The van der Waals surface area contributed by atoms with E-state index >= 15 is 0 Å². The largest absolute Gasteiger partial charge is 0.391 e. The van der Waals surface area contributed by atoms with Gasteiger partial charge in [-0.25, -0.2) is 9.67 Å². The summed E-state index contributed by atoms with van der Waals surface area (Å²) < 4.78 is 1.65. The standard InChI is InChI=1S/C17H14Cl2N4O/c18-15-7-3-1-5-13(15)10-24-22-17(9-23-12-20-11-21-23)14-6-2-4-8-16(14)19/h1-8,11-12H,9-10H2. The molecule has 2 aromatic carbocycles. The second-order valence-corrected chi connectivity index (χ2v) is 5.79. The third-order valence-electron chi connectivity index (χ3n) is 3.32. The van der Waals surface area contributed by atoms with Crippen LogP contribution in [-0.4, -0.2) is 20.5 Å². The van der Waals surface area contributed by atoms with Gasteiger partial charge in [-0.1, -0.05) is 64.8 Å². The maximum absolute atomic E-state index is 6.28. The first-order valence-electron chi connectivity index (χ1n) is 7.23. The van der Waals surface area contributed by atoms with Crippen molar-refractivity contribution in [3.63, 3.8) is 0 Å². The fourth-order valence-corrected chi connectivity index (χ4v) is 2.56. The molecule has 0 saturated heterocycles. The van der Waals surface area contributed by atoms with Crippen molar-refractivity contribution >= 4 is 28.9 Å². The average molecular weight is 361 g/mol. The molecule has 5 nitrogen and oxygen atoms in total. The van der Waals surface area contributed by atoms with Gasteiger partial charge in [-0.15, -0.1) is 0 Å². The van der Waals surface area contributed by atoms with Crippen molar-refractivity contribution in [2.45, 2.75) is 13.2 Å². The fourth-order valence-electron chi connectivity index (χ4n) is 2.12. The zero-order chi connectivity index (χ0) is 16.8. The zero-order valence-corrected chi connectivity index (χ0v) is 14.2. The van der Waals surface area contributed by atoms with Crippen LogP contribution in [0.4, 0.5) is 0 Å². The van der Waals surface area contributed by atoms with E-state index in [1.165, 1.54) is 6.33 Å². The molecule has 24 heavy (non-hydrogen) atoms. The van der Waals surface area contributed by atoms with Crippen molar-refractivity contribution in [3.05, 3.63) is 82.4 Å². The van der Waals surface area contributed by atoms with E-state index in [2.05, 4.69) is 15.2 Å². The number of aromatic nitrogens is 3. The van der Waals surface area contributed by atoms with Crippen LogP contribution in [-0.2, 0) is 18.0 Å². The third kappa shape index (κ3) is 4.13. The van der Waals surface area contributed by atoms with Crippen LogP contribution < -0.4 is 0 Å². The van der Waals surface area contributed by atoms with Crippen molar-refractivity contribution in [3.8, 4) is 0 Å². The van der Waals surface area contributed by atoms with Crippen LogP contribution in [0.2, 0.25) is 10.0 Å². The Balaban J connectivity index is 1.81. The molecule has 0 aliphatic carbocycles. The molecule has 0 aliphatic rings.